The summed E-state index contributed by atoms with van der Waals surface area (Å²) in [7, 11) is 1.56. The fourth-order valence-corrected chi connectivity index (χ4v) is 2.45. The molecule has 1 fully saturated rings. The van der Waals surface area contributed by atoms with Crippen LogP contribution in [0.15, 0.2) is 24.3 Å². The number of likely N-dealkylation sites (tertiary alicyclic amines) is 1. The van der Waals surface area contributed by atoms with Gasteiger partial charge in [-0.25, -0.2) is 4.79 Å². The van der Waals surface area contributed by atoms with Crippen molar-refractivity contribution >= 4 is 17.7 Å². The molecule has 1 aromatic carbocycles. The first-order valence-electron chi connectivity index (χ1n) is 6.47. The SMILES string of the molecule is COc1cccc(NC(=O)N2CCC(C(=O)O)C2C)c1. The number of amides is 2. The van der Waals surface area contributed by atoms with Gasteiger partial charge in [0, 0.05) is 24.3 Å². The quantitative estimate of drug-likeness (QED) is 0.886. The molecule has 1 aliphatic rings. The molecule has 0 aliphatic carbocycles. The third-order valence-corrected chi connectivity index (χ3v) is 3.65. The summed E-state index contributed by atoms with van der Waals surface area (Å²) >= 11 is 0. The van der Waals surface area contributed by atoms with Gasteiger partial charge in [-0.05, 0) is 25.5 Å². The zero-order valence-corrected chi connectivity index (χ0v) is 11.5. The van der Waals surface area contributed by atoms with Gasteiger partial charge >= 0.3 is 12.0 Å². The maximum atomic E-state index is 12.2. The third-order valence-electron chi connectivity index (χ3n) is 3.65. The van der Waals surface area contributed by atoms with Gasteiger partial charge in [0.25, 0.3) is 0 Å². The monoisotopic (exact) mass is 278 g/mol. The smallest absolute Gasteiger partial charge is 0.322 e. The van der Waals surface area contributed by atoms with Crippen LogP contribution in [0.1, 0.15) is 13.3 Å². The first-order chi connectivity index (χ1) is 9.52. The number of carbonyl (C=O) groups is 2. The van der Waals surface area contributed by atoms with E-state index in [0.29, 0.717) is 24.4 Å². The number of methoxy groups -OCH3 is 1. The standard InChI is InChI=1S/C14H18N2O4/c1-9-12(13(17)18)6-7-16(9)14(19)15-10-4-3-5-11(8-10)20-2/h3-5,8-9,12H,6-7H2,1-2H3,(H,15,19)(H,17,18). The number of nitrogens with zero attached hydrogens (tertiary/aromatic N) is 1. The van der Waals surface area contributed by atoms with E-state index in [1.165, 1.54) is 0 Å². The highest BCUT2D eigenvalue weighted by molar-refractivity contribution is 5.90. The molecule has 0 aromatic heterocycles. The summed E-state index contributed by atoms with van der Waals surface area (Å²) < 4.78 is 5.09. The van der Waals surface area contributed by atoms with Crippen molar-refractivity contribution < 1.29 is 19.4 Å². The molecule has 0 spiro atoms. The normalized spacial score (nSPS) is 21.6. The highest BCUT2D eigenvalue weighted by Gasteiger charge is 2.38. The van der Waals surface area contributed by atoms with Crippen LogP contribution in [0.5, 0.6) is 5.75 Å². The molecule has 0 radical (unpaired) electrons. The van der Waals surface area contributed by atoms with Crippen molar-refractivity contribution in [3.8, 4) is 5.75 Å². The minimum Gasteiger partial charge on any atom is -0.497 e. The highest BCUT2D eigenvalue weighted by atomic mass is 16.5. The zero-order valence-electron chi connectivity index (χ0n) is 11.5. The molecule has 2 atom stereocenters. The lowest BCUT2D eigenvalue weighted by Gasteiger charge is -2.23. The molecule has 2 unspecified atom stereocenters. The molecule has 1 heterocycles. The van der Waals surface area contributed by atoms with Crippen molar-refractivity contribution in [2.45, 2.75) is 19.4 Å². The Morgan fingerprint density at radius 3 is 2.80 bits per heavy atom. The molecule has 6 nitrogen and oxygen atoms in total. The Morgan fingerprint density at radius 1 is 1.45 bits per heavy atom. The summed E-state index contributed by atoms with van der Waals surface area (Å²) in [4.78, 5) is 24.8. The molecule has 2 amide bonds. The second-order valence-electron chi connectivity index (χ2n) is 4.83. The second kappa shape index (κ2) is 5.81. The molecular formula is C14H18N2O4. The molecular weight excluding hydrogens is 260 g/mol. The lowest BCUT2D eigenvalue weighted by atomic mass is 10.0. The molecule has 1 aromatic rings. The van der Waals surface area contributed by atoms with E-state index in [0.717, 1.165) is 0 Å². The van der Waals surface area contributed by atoms with Crippen LogP contribution in [0, 0.1) is 5.92 Å². The maximum Gasteiger partial charge on any atom is 0.322 e. The molecule has 1 aliphatic heterocycles. The second-order valence-corrected chi connectivity index (χ2v) is 4.83. The van der Waals surface area contributed by atoms with Crippen LogP contribution >= 0.6 is 0 Å². The number of nitrogens with one attached hydrogen (secondary N) is 1. The minimum absolute atomic E-state index is 0.283. The summed E-state index contributed by atoms with van der Waals surface area (Å²) in [5.41, 5.74) is 0.625. The fraction of sp³-hybridized carbons (Fsp3) is 0.429. The number of carboxylic acids is 1. The Morgan fingerprint density at radius 2 is 2.20 bits per heavy atom. The van der Waals surface area contributed by atoms with Crippen molar-refractivity contribution in [3.63, 3.8) is 0 Å². The Kier molecular flexibility index (Phi) is 4.12. The van der Waals surface area contributed by atoms with E-state index >= 15 is 0 Å². The molecule has 0 bridgehead atoms. The van der Waals surface area contributed by atoms with Gasteiger partial charge in [0.15, 0.2) is 0 Å². The van der Waals surface area contributed by atoms with E-state index < -0.39 is 11.9 Å². The predicted molar refractivity (Wildman–Crippen MR) is 73.9 cm³/mol. The highest BCUT2D eigenvalue weighted by Crippen LogP contribution is 2.25. The largest absolute Gasteiger partial charge is 0.497 e. The van der Waals surface area contributed by atoms with E-state index in [9.17, 15) is 9.59 Å². The molecule has 6 heteroatoms. The number of urea groups is 1. The zero-order chi connectivity index (χ0) is 14.7. The van der Waals surface area contributed by atoms with Crippen LogP contribution in [0.4, 0.5) is 10.5 Å². The van der Waals surface area contributed by atoms with E-state index in [-0.39, 0.29) is 12.1 Å². The van der Waals surface area contributed by atoms with Crippen molar-refractivity contribution in [2.24, 2.45) is 5.92 Å². The van der Waals surface area contributed by atoms with Crippen molar-refractivity contribution in [2.75, 3.05) is 19.0 Å². The topological polar surface area (TPSA) is 78.9 Å². The van der Waals surface area contributed by atoms with E-state index in [4.69, 9.17) is 9.84 Å². The van der Waals surface area contributed by atoms with Crippen molar-refractivity contribution in [3.05, 3.63) is 24.3 Å². The average molecular weight is 278 g/mol. The van der Waals surface area contributed by atoms with E-state index in [1.807, 2.05) is 0 Å². The van der Waals surface area contributed by atoms with Crippen LogP contribution in [0.2, 0.25) is 0 Å². The summed E-state index contributed by atoms with van der Waals surface area (Å²) in [5, 5.41) is 11.8. The molecule has 0 saturated carbocycles. The number of benzene rings is 1. The number of aliphatic carboxylic acids is 1. The molecule has 1 saturated heterocycles. The van der Waals surface area contributed by atoms with Crippen LogP contribution in [0.25, 0.3) is 0 Å². The first-order valence-corrected chi connectivity index (χ1v) is 6.47. The number of hydrogen-bond acceptors (Lipinski definition) is 3. The van der Waals surface area contributed by atoms with Gasteiger partial charge in [-0.2, -0.15) is 0 Å². The van der Waals surface area contributed by atoms with Gasteiger partial charge in [0.05, 0.1) is 13.0 Å². The molecule has 108 valence electrons. The van der Waals surface area contributed by atoms with Gasteiger partial charge < -0.3 is 20.1 Å². The molecule has 2 N–H and O–H groups in total. The summed E-state index contributed by atoms with van der Waals surface area (Å²) in [6.45, 7) is 2.21. The van der Waals surface area contributed by atoms with Crippen LogP contribution in [-0.4, -0.2) is 41.7 Å². The Labute approximate surface area is 117 Å². The van der Waals surface area contributed by atoms with Gasteiger partial charge in [0.1, 0.15) is 5.75 Å². The predicted octanol–water partition coefficient (Wildman–Crippen LogP) is 2.02. The lowest BCUT2D eigenvalue weighted by molar-refractivity contribution is -0.142. The number of carboxylic acid groups (broad SMARTS) is 1. The number of anilines is 1. The van der Waals surface area contributed by atoms with E-state index in [1.54, 1.807) is 43.2 Å². The summed E-state index contributed by atoms with van der Waals surface area (Å²) in [5.74, 6) is -0.694. The number of ether oxygens (including phenoxy) is 1. The van der Waals surface area contributed by atoms with Crippen molar-refractivity contribution in [1.29, 1.82) is 0 Å². The maximum absolute atomic E-state index is 12.2. The van der Waals surface area contributed by atoms with Gasteiger partial charge in [-0.15, -0.1) is 0 Å². The Hall–Kier alpha value is -2.24. The Balaban J connectivity index is 2.03. The van der Waals surface area contributed by atoms with Crippen LogP contribution in [-0.2, 0) is 4.79 Å². The average Bonchev–Trinajstić information content (AvgIpc) is 2.81. The molecule has 2 rings (SSSR count). The van der Waals surface area contributed by atoms with Crippen LogP contribution < -0.4 is 10.1 Å². The lowest BCUT2D eigenvalue weighted by Crippen LogP contribution is -2.40. The number of carbonyl (C=O) groups excluding carboxylic acids is 1. The molecule has 20 heavy (non-hydrogen) atoms. The minimum atomic E-state index is -0.853. The van der Waals surface area contributed by atoms with Crippen molar-refractivity contribution in [1.82, 2.24) is 4.90 Å². The van der Waals surface area contributed by atoms with E-state index in [2.05, 4.69) is 5.32 Å². The van der Waals surface area contributed by atoms with Gasteiger partial charge in [0.2, 0.25) is 0 Å². The first kappa shape index (κ1) is 14.2. The third kappa shape index (κ3) is 2.84. The number of hydrogen-bond donors (Lipinski definition) is 2. The summed E-state index contributed by atoms with van der Waals surface area (Å²) in [6, 6.07) is 6.45. The van der Waals surface area contributed by atoms with Crippen LogP contribution in [0.3, 0.4) is 0 Å². The number of rotatable bonds is 3. The Bertz CT molecular complexity index is 518. The van der Waals surface area contributed by atoms with Gasteiger partial charge in [-0.3, -0.25) is 4.79 Å². The summed E-state index contributed by atoms with van der Waals surface area (Å²) in [6.07, 6.45) is 0.488. The van der Waals surface area contributed by atoms with Gasteiger partial charge in [-0.1, -0.05) is 6.07 Å². The fourth-order valence-electron chi connectivity index (χ4n) is 2.45.